The molecule has 4 nitrogen and oxygen atoms in total. The summed E-state index contributed by atoms with van der Waals surface area (Å²) in [6.07, 6.45) is 1.14. The predicted octanol–water partition coefficient (Wildman–Crippen LogP) is 0.274. The van der Waals surface area contributed by atoms with E-state index in [0.29, 0.717) is 5.56 Å². The van der Waals surface area contributed by atoms with Crippen molar-refractivity contribution in [3.05, 3.63) is 35.6 Å². The summed E-state index contributed by atoms with van der Waals surface area (Å²) in [5.74, 6) is -0.735. The fourth-order valence-electron chi connectivity index (χ4n) is 2.80. The Labute approximate surface area is 106 Å². The van der Waals surface area contributed by atoms with Crippen molar-refractivity contribution in [2.45, 2.75) is 11.2 Å². The molecule has 1 aromatic carbocycles. The van der Waals surface area contributed by atoms with Crippen molar-refractivity contribution >= 4 is 9.84 Å². The molecule has 0 amide bonds. The SMILES string of the molecule is CS(=O)(=O)[C@@H]1[C@H](c2ccc(F)cc2)[C@@]1(CN)CO. The molecule has 1 aromatic rings. The Balaban J connectivity index is 2.41. The van der Waals surface area contributed by atoms with Crippen LogP contribution in [0, 0.1) is 11.2 Å². The standard InChI is InChI=1S/C12H16FNO3S/c1-18(16,17)11-10(12(11,6-14)7-15)8-2-4-9(13)5-3-8/h2-5,10-11,15H,6-7,14H2,1H3/t10-,11+,12+/m0/s1. The molecule has 1 fully saturated rings. The molecule has 0 aromatic heterocycles. The van der Waals surface area contributed by atoms with Crippen molar-refractivity contribution in [1.29, 1.82) is 0 Å². The monoisotopic (exact) mass is 273 g/mol. The Morgan fingerprint density at radius 3 is 2.28 bits per heavy atom. The lowest BCUT2D eigenvalue weighted by molar-refractivity contribution is 0.212. The number of aliphatic hydroxyl groups excluding tert-OH is 1. The zero-order valence-electron chi connectivity index (χ0n) is 10.0. The highest BCUT2D eigenvalue weighted by Gasteiger charge is 2.68. The molecule has 0 bridgehead atoms. The average Bonchev–Trinajstić information content (AvgIpc) is 3.00. The van der Waals surface area contributed by atoms with Gasteiger partial charge in [-0.25, -0.2) is 12.8 Å². The molecule has 100 valence electrons. The van der Waals surface area contributed by atoms with E-state index in [9.17, 15) is 17.9 Å². The number of sulfone groups is 1. The Morgan fingerprint density at radius 2 is 1.94 bits per heavy atom. The molecule has 0 radical (unpaired) electrons. The van der Waals surface area contributed by atoms with Crippen LogP contribution in [0.1, 0.15) is 11.5 Å². The van der Waals surface area contributed by atoms with Gasteiger partial charge in [0.05, 0.1) is 11.9 Å². The summed E-state index contributed by atoms with van der Waals surface area (Å²) in [6.45, 7) is -0.202. The highest BCUT2D eigenvalue weighted by atomic mass is 32.2. The Morgan fingerprint density at radius 1 is 1.39 bits per heavy atom. The van der Waals surface area contributed by atoms with E-state index < -0.39 is 20.5 Å². The third kappa shape index (κ3) is 1.94. The lowest BCUT2D eigenvalue weighted by Crippen LogP contribution is -2.27. The highest BCUT2D eigenvalue weighted by molar-refractivity contribution is 7.91. The van der Waals surface area contributed by atoms with Crippen LogP contribution < -0.4 is 5.73 Å². The number of halogens is 1. The molecule has 1 saturated carbocycles. The molecule has 2 rings (SSSR count). The number of benzene rings is 1. The van der Waals surface area contributed by atoms with Gasteiger partial charge in [0.2, 0.25) is 0 Å². The van der Waals surface area contributed by atoms with E-state index in [1.54, 1.807) is 12.1 Å². The minimum Gasteiger partial charge on any atom is -0.396 e. The van der Waals surface area contributed by atoms with Crippen molar-refractivity contribution < 1.29 is 17.9 Å². The van der Waals surface area contributed by atoms with Gasteiger partial charge in [0.25, 0.3) is 0 Å². The van der Waals surface area contributed by atoms with Gasteiger partial charge >= 0.3 is 0 Å². The smallest absolute Gasteiger partial charge is 0.151 e. The first-order valence-corrected chi connectivity index (χ1v) is 7.57. The zero-order valence-corrected chi connectivity index (χ0v) is 10.8. The van der Waals surface area contributed by atoms with Crippen LogP contribution in [0.25, 0.3) is 0 Å². The van der Waals surface area contributed by atoms with Gasteiger partial charge in [0.1, 0.15) is 5.82 Å². The molecule has 3 atom stereocenters. The maximum Gasteiger partial charge on any atom is 0.151 e. The van der Waals surface area contributed by atoms with E-state index in [4.69, 9.17) is 5.73 Å². The van der Waals surface area contributed by atoms with Crippen LogP contribution >= 0.6 is 0 Å². The van der Waals surface area contributed by atoms with Crippen LogP contribution in [0.2, 0.25) is 0 Å². The lowest BCUT2D eigenvalue weighted by atomic mass is 10.0. The van der Waals surface area contributed by atoms with E-state index in [1.807, 2.05) is 0 Å². The summed E-state index contributed by atoms with van der Waals surface area (Å²) in [6, 6.07) is 5.66. The molecule has 0 aliphatic heterocycles. The molecule has 0 unspecified atom stereocenters. The van der Waals surface area contributed by atoms with Crippen molar-refractivity contribution in [3.8, 4) is 0 Å². The van der Waals surface area contributed by atoms with Gasteiger partial charge in [-0.15, -0.1) is 0 Å². The second kappa shape index (κ2) is 4.29. The molecular weight excluding hydrogens is 257 g/mol. The fourth-order valence-corrected chi connectivity index (χ4v) is 4.81. The fraction of sp³-hybridized carbons (Fsp3) is 0.500. The molecule has 18 heavy (non-hydrogen) atoms. The van der Waals surface area contributed by atoms with Crippen LogP contribution in [0.4, 0.5) is 4.39 Å². The second-order valence-corrected chi connectivity index (χ2v) is 7.04. The summed E-state index contributed by atoms with van der Waals surface area (Å²) >= 11 is 0. The largest absolute Gasteiger partial charge is 0.396 e. The van der Waals surface area contributed by atoms with E-state index in [1.165, 1.54) is 12.1 Å². The van der Waals surface area contributed by atoms with Gasteiger partial charge in [0.15, 0.2) is 9.84 Å². The Hall–Kier alpha value is -0.980. The number of hydrogen-bond donors (Lipinski definition) is 2. The van der Waals surface area contributed by atoms with Gasteiger partial charge in [-0.3, -0.25) is 0 Å². The predicted molar refractivity (Wildman–Crippen MR) is 66.3 cm³/mol. The number of hydrogen-bond acceptors (Lipinski definition) is 4. The van der Waals surface area contributed by atoms with Crippen molar-refractivity contribution in [2.75, 3.05) is 19.4 Å². The Bertz CT molecular complexity index is 537. The van der Waals surface area contributed by atoms with Crippen LogP contribution in [0.3, 0.4) is 0 Å². The summed E-state index contributed by atoms with van der Waals surface area (Å²) < 4.78 is 36.3. The summed E-state index contributed by atoms with van der Waals surface area (Å²) in [7, 11) is -3.30. The van der Waals surface area contributed by atoms with Gasteiger partial charge in [-0.1, -0.05) is 12.1 Å². The van der Waals surface area contributed by atoms with E-state index in [-0.39, 0.29) is 24.9 Å². The Kier molecular flexibility index (Phi) is 3.21. The number of aliphatic hydroxyl groups is 1. The van der Waals surface area contributed by atoms with E-state index >= 15 is 0 Å². The van der Waals surface area contributed by atoms with E-state index in [0.717, 1.165) is 6.26 Å². The average molecular weight is 273 g/mol. The topological polar surface area (TPSA) is 80.4 Å². The summed E-state index contributed by atoms with van der Waals surface area (Å²) in [4.78, 5) is 0. The second-order valence-electron chi connectivity index (χ2n) is 4.87. The van der Waals surface area contributed by atoms with Crippen molar-refractivity contribution in [1.82, 2.24) is 0 Å². The first-order valence-electron chi connectivity index (χ1n) is 5.62. The molecular formula is C12H16FNO3S. The minimum atomic E-state index is -3.30. The summed E-state index contributed by atoms with van der Waals surface area (Å²) in [5.41, 5.74) is 5.50. The third-order valence-electron chi connectivity index (χ3n) is 3.74. The highest BCUT2D eigenvalue weighted by Crippen LogP contribution is 2.61. The third-order valence-corrected chi connectivity index (χ3v) is 5.41. The first-order chi connectivity index (χ1) is 8.36. The van der Waals surface area contributed by atoms with Crippen LogP contribution in [0.5, 0.6) is 0 Å². The van der Waals surface area contributed by atoms with Crippen LogP contribution in [0.15, 0.2) is 24.3 Å². The minimum absolute atomic E-state index is 0.0866. The van der Waals surface area contributed by atoms with Crippen LogP contribution in [-0.2, 0) is 9.84 Å². The molecule has 1 aliphatic rings. The number of nitrogens with two attached hydrogens (primary N) is 1. The van der Waals surface area contributed by atoms with Crippen molar-refractivity contribution in [2.24, 2.45) is 11.1 Å². The normalized spacial score (nSPS) is 31.3. The molecule has 0 heterocycles. The summed E-state index contributed by atoms with van der Waals surface area (Å²) in [5, 5.41) is 8.77. The van der Waals surface area contributed by atoms with Gasteiger partial charge in [0, 0.05) is 24.1 Å². The molecule has 6 heteroatoms. The van der Waals surface area contributed by atoms with Crippen LogP contribution in [-0.4, -0.2) is 38.2 Å². The first kappa shape index (κ1) is 13.5. The molecule has 0 saturated heterocycles. The van der Waals surface area contributed by atoms with Gasteiger partial charge in [-0.05, 0) is 17.7 Å². The van der Waals surface area contributed by atoms with Crippen molar-refractivity contribution in [3.63, 3.8) is 0 Å². The lowest BCUT2D eigenvalue weighted by Gasteiger charge is -2.11. The van der Waals surface area contributed by atoms with E-state index in [2.05, 4.69) is 0 Å². The maximum absolute atomic E-state index is 12.9. The van der Waals surface area contributed by atoms with Gasteiger partial charge < -0.3 is 10.8 Å². The zero-order chi connectivity index (χ0) is 13.6. The number of rotatable bonds is 4. The molecule has 1 aliphatic carbocycles. The molecule has 0 spiro atoms. The molecule has 3 N–H and O–H groups in total. The quantitative estimate of drug-likeness (QED) is 0.825. The van der Waals surface area contributed by atoms with Gasteiger partial charge in [-0.2, -0.15) is 0 Å². The maximum atomic E-state index is 12.9.